The number of anilines is 1. The molecule has 2 aromatic carbocycles. The minimum Gasteiger partial charge on any atom is -0.490 e. The van der Waals surface area contributed by atoms with Gasteiger partial charge in [-0.25, -0.2) is 0 Å². The van der Waals surface area contributed by atoms with E-state index in [9.17, 15) is 4.79 Å². The van der Waals surface area contributed by atoms with Gasteiger partial charge in [0.25, 0.3) is 0 Å². The summed E-state index contributed by atoms with van der Waals surface area (Å²) in [5, 5.41) is 2.85. The molecule has 0 atom stereocenters. The first-order valence-corrected chi connectivity index (χ1v) is 11.7. The van der Waals surface area contributed by atoms with Crippen LogP contribution >= 0.6 is 0 Å². The number of ether oxygens (including phenoxy) is 2. The predicted octanol–water partition coefficient (Wildman–Crippen LogP) is 8.52. The Morgan fingerprint density at radius 2 is 1.47 bits per heavy atom. The van der Waals surface area contributed by atoms with Gasteiger partial charge in [-0.05, 0) is 37.6 Å². The molecule has 2 aromatic rings. The molecule has 0 aromatic heterocycles. The van der Waals surface area contributed by atoms with E-state index in [1.165, 1.54) is 0 Å². The predicted molar refractivity (Wildman–Crippen MR) is 139 cm³/mol. The van der Waals surface area contributed by atoms with E-state index in [1.807, 2.05) is 129 Å². The molecule has 0 radical (unpaired) electrons. The average molecular weight is 442 g/mol. The summed E-state index contributed by atoms with van der Waals surface area (Å²) >= 11 is 0. The lowest BCUT2D eigenvalue weighted by atomic mass is 10.2. The van der Waals surface area contributed by atoms with E-state index in [2.05, 4.69) is 5.32 Å². The molecule has 178 valence electrons. The Kier molecular flexibility index (Phi) is 20.7. The van der Waals surface area contributed by atoms with Crippen molar-refractivity contribution in [1.29, 1.82) is 0 Å². The van der Waals surface area contributed by atoms with Crippen LogP contribution in [0.3, 0.4) is 0 Å². The third-order valence-corrected chi connectivity index (χ3v) is 3.67. The second kappa shape index (κ2) is 21.2. The zero-order valence-electron chi connectivity index (χ0n) is 21.5. The summed E-state index contributed by atoms with van der Waals surface area (Å²) in [5.74, 6) is 1.78. The number of rotatable bonds is 8. The highest BCUT2D eigenvalue weighted by atomic mass is 16.5. The third-order valence-electron chi connectivity index (χ3n) is 3.67. The maximum absolute atomic E-state index is 11.7. The molecule has 0 fully saturated rings. The summed E-state index contributed by atoms with van der Waals surface area (Å²) < 4.78 is 11.9. The minimum absolute atomic E-state index is 0.0605. The van der Waals surface area contributed by atoms with Crippen LogP contribution in [0.1, 0.15) is 74.3 Å². The number of allylic oxidation sites excluding steroid dienone is 3. The monoisotopic (exact) mass is 441 g/mol. The normalized spacial score (nSPS) is 10.2. The van der Waals surface area contributed by atoms with Crippen molar-refractivity contribution in [2.45, 2.75) is 75.3 Å². The summed E-state index contributed by atoms with van der Waals surface area (Å²) in [7, 11) is 0. The Hall–Kier alpha value is -3.01. The number of carbonyl (C=O) groups is 1. The zero-order valence-corrected chi connectivity index (χ0v) is 21.5. The molecule has 4 nitrogen and oxygen atoms in total. The van der Waals surface area contributed by atoms with Crippen molar-refractivity contribution in [3.8, 4) is 5.75 Å². The summed E-state index contributed by atoms with van der Waals surface area (Å²) in [4.78, 5) is 11.7. The number of amides is 1. The Labute approximate surface area is 196 Å². The molecular weight excluding hydrogens is 398 g/mol. The van der Waals surface area contributed by atoms with Crippen LogP contribution in [0.15, 0.2) is 78.3 Å². The van der Waals surface area contributed by atoms with E-state index in [1.54, 1.807) is 0 Å². The first-order valence-electron chi connectivity index (χ1n) is 11.7. The molecule has 1 N–H and O–H groups in total. The fourth-order valence-electron chi connectivity index (χ4n) is 2.23. The van der Waals surface area contributed by atoms with Gasteiger partial charge in [0, 0.05) is 6.42 Å². The van der Waals surface area contributed by atoms with E-state index in [4.69, 9.17) is 9.47 Å². The van der Waals surface area contributed by atoms with Crippen LogP contribution in [0.5, 0.6) is 5.75 Å². The number of hydrogen-bond acceptors (Lipinski definition) is 3. The van der Waals surface area contributed by atoms with Gasteiger partial charge in [-0.1, -0.05) is 97.0 Å². The number of para-hydroxylation sites is 2. The summed E-state index contributed by atoms with van der Waals surface area (Å²) in [6, 6.07) is 17.3. The van der Waals surface area contributed by atoms with Crippen LogP contribution in [0.25, 0.3) is 0 Å². The van der Waals surface area contributed by atoms with Gasteiger partial charge in [0.1, 0.15) is 12.4 Å². The van der Waals surface area contributed by atoms with Crippen LogP contribution in [0.2, 0.25) is 0 Å². The van der Waals surface area contributed by atoms with Gasteiger partial charge in [-0.2, -0.15) is 0 Å². The molecule has 0 unspecified atom stereocenters. The van der Waals surface area contributed by atoms with Gasteiger partial charge in [0.05, 0.1) is 5.69 Å². The van der Waals surface area contributed by atoms with Gasteiger partial charge >= 0.3 is 0 Å². The first kappa shape index (κ1) is 31.2. The van der Waals surface area contributed by atoms with E-state index >= 15 is 0 Å². The topological polar surface area (TPSA) is 47.6 Å². The molecule has 0 aliphatic heterocycles. The van der Waals surface area contributed by atoms with Crippen molar-refractivity contribution in [2.24, 2.45) is 0 Å². The highest BCUT2D eigenvalue weighted by molar-refractivity contribution is 5.92. The molecule has 0 bridgehead atoms. The van der Waals surface area contributed by atoms with Crippen LogP contribution in [0.4, 0.5) is 5.69 Å². The Morgan fingerprint density at radius 1 is 0.906 bits per heavy atom. The highest BCUT2D eigenvalue weighted by Gasteiger charge is 2.10. The Balaban J connectivity index is 0. The molecule has 0 saturated carbocycles. The molecule has 0 saturated heterocycles. The van der Waals surface area contributed by atoms with Gasteiger partial charge < -0.3 is 14.8 Å². The van der Waals surface area contributed by atoms with Crippen molar-refractivity contribution in [1.82, 2.24) is 0 Å². The number of benzene rings is 2. The van der Waals surface area contributed by atoms with Crippen molar-refractivity contribution in [2.75, 3.05) is 5.32 Å². The number of carbonyl (C=O) groups excluding carboxylic acids is 1. The zero-order chi connectivity index (χ0) is 24.8. The molecule has 32 heavy (non-hydrogen) atoms. The molecule has 1 amide bonds. The van der Waals surface area contributed by atoms with Gasteiger partial charge in [0.15, 0.2) is 11.5 Å². The molecule has 2 rings (SSSR count). The van der Waals surface area contributed by atoms with Crippen LogP contribution in [-0.2, 0) is 16.1 Å². The third kappa shape index (κ3) is 12.6. The highest BCUT2D eigenvalue weighted by Crippen LogP contribution is 2.27. The Morgan fingerprint density at radius 3 is 2.03 bits per heavy atom. The molecule has 0 spiro atoms. The van der Waals surface area contributed by atoms with E-state index in [0.717, 1.165) is 5.56 Å². The SMILES string of the molecule is C/C=C\C(Oc1ccccc1NC(=O)CC)=C(/C)OCc1ccccc1.CC.CC.CC. The average Bonchev–Trinajstić information content (AvgIpc) is 2.87. The largest absolute Gasteiger partial charge is 0.490 e. The lowest BCUT2D eigenvalue weighted by Crippen LogP contribution is -2.11. The Bertz CT molecular complexity index is 780. The lowest BCUT2D eigenvalue weighted by molar-refractivity contribution is -0.115. The number of hydrogen-bond donors (Lipinski definition) is 1. The van der Waals surface area contributed by atoms with Crippen LogP contribution in [-0.4, -0.2) is 5.91 Å². The van der Waals surface area contributed by atoms with Crippen LogP contribution in [0, 0.1) is 0 Å². The molecule has 0 aliphatic carbocycles. The van der Waals surface area contributed by atoms with Crippen molar-refractivity contribution in [3.63, 3.8) is 0 Å². The van der Waals surface area contributed by atoms with Gasteiger partial charge in [-0.3, -0.25) is 4.79 Å². The maximum Gasteiger partial charge on any atom is 0.224 e. The molecule has 0 aliphatic rings. The fraction of sp³-hybridized carbons (Fsp3) is 0.393. The van der Waals surface area contributed by atoms with E-state index in [-0.39, 0.29) is 5.91 Å². The van der Waals surface area contributed by atoms with Crippen molar-refractivity contribution < 1.29 is 14.3 Å². The molecule has 0 heterocycles. The standard InChI is InChI=1S/C22H25NO3.3C2H6/c1-4-11-20(17(3)25-16-18-12-7-6-8-13-18)26-21-15-10-9-14-19(21)23-22(24)5-2;3*1-2/h4,6-15H,5,16H2,1-3H3,(H,23,24);3*1-2H3/b11-4-,20-17-;;;. The second-order valence-electron chi connectivity index (χ2n) is 5.69. The van der Waals surface area contributed by atoms with Crippen LogP contribution < -0.4 is 10.1 Å². The smallest absolute Gasteiger partial charge is 0.224 e. The minimum atomic E-state index is -0.0605. The van der Waals surface area contributed by atoms with Crippen molar-refractivity contribution in [3.05, 3.63) is 83.8 Å². The summed E-state index contributed by atoms with van der Waals surface area (Å²) in [5.41, 5.74) is 1.72. The summed E-state index contributed by atoms with van der Waals surface area (Å²) in [6.45, 7) is 18.1. The van der Waals surface area contributed by atoms with E-state index in [0.29, 0.717) is 36.0 Å². The maximum atomic E-state index is 11.7. The number of nitrogens with one attached hydrogen (secondary N) is 1. The second-order valence-corrected chi connectivity index (χ2v) is 5.69. The molecule has 4 heteroatoms. The fourth-order valence-corrected chi connectivity index (χ4v) is 2.23. The van der Waals surface area contributed by atoms with Crippen molar-refractivity contribution >= 4 is 11.6 Å². The van der Waals surface area contributed by atoms with Gasteiger partial charge in [0.2, 0.25) is 5.91 Å². The van der Waals surface area contributed by atoms with Gasteiger partial charge in [-0.15, -0.1) is 0 Å². The quantitative estimate of drug-likeness (QED) is 0.330. The van der Waals surface area contributed by atoms with E-state index < -0.39 is 0 Å². The summed E-state index contributed by atoms with van der Waals surface area (Å²) in [6.07, 6.45) is 4.14. The lowest BCUT2D eigenvalue weighted by Gasteiger charge is -2.15. The molecular formula is C28H43NO3. The first-order chi connectivity index (χ1) is 15.6.